The van der Waals surface area contributed by atoms with E-state index >= 15 is 0 Å². The average Bonchev–Trinajstić information content (AvgIpc) is 2.28. The SMILES string of the molecule is N#CCCNC(=O)COc1ccc(F)cc1F. The number of ether oxygens (including phenoxy) is 1. The predicted molar refractivity (Wildman–Crippen MR) is 55.1 cm³/mol. The molecule has 0 heterocycles. The first kappa shape index (κ1) is 12.9. The summed E-state index contributed by atoms with van der Waals surface area (Å²) < 4.78 is 30.5. The number of hydrogen-bond donors (Lipinski definition) is 1. The van der Waals surface area contributed by atoms with E-state index in [2.05, 4.69) is 5.32 Å². The number of nitrogens with zero attached hydrogens (tertiary/aromatic N) is 1. The fraction of sp³-hybridized carbons (Fsp3) is 0.273. The highest BCUT2D eigenvalue weighted by Crippen LogP contribution is 2.17. The number of benzene rings is 1. The van der Waals surface area contributed by atoms with Crippen molar-refractivity contribution in [3.63, 3.8) is 0 Å². The largest absolute Gasteiger partial charge is 0.481 e. The van der Waals surface area contributed by atoms with Gasteiger partial charge in [-0.1, -0.05) is 0 Å². The average molecular weight is 240 g/mol. The molecule has 4 nitrogen and oxygen atoms in total. The number of amides is 1. The molecular formula is C11H10F2N2O2. The van der Waals surface area contributed by atoms with Crippen LogP contribution in [0, 0.1) is 23.0 Å². The number of hydrogen-bond acceptors (Lipinski definition) is 3. The summed E-state index contributed by atoms with van der Waals surface area (Å²) in [6.07, 6.45) is 0.191. The van der Waals surface area contributed by atoms with Gasteiger partial charge < -0.3 is 10.1 Å². The molecule has 1 aromatic carbocycles. The minimum atomic E-state index is -0.866. The molecule has 6 heteroatoms. The molecule has 1 amide bonds. The van der Waals surface area contributed by atoms with Crippen molar-refractivity contribution in [2.75, 3.05) is 13.2 Å². The van der Waals surface area contributed by atoms with E-state index in [1.165, 1.54) is 0 Å². The van der Waals surface area contributed by atoms with Crippen molar-refractivity contribution in [2.24, 2.45) is 0 Å². The van der Waals surface area contributed by atoms with E-state index < -0.39 is 17.5 Å². The highest BCUT2D eigenvalue weighted by atomic mass is 19.1. The smallest absolute Gasteiger partial charge is 0.257 e. The van der Waals surface area contributed by atoms with Gasteiger partial charge in [0.25, 0.3) is 5.91 Å². The van der Waals surface area contributed by atoms with Crippen LogP contribution in [0.3, 0.4) is 0 Å². The molecule has 0 spiro atoms. The van der Waals surface area contributed by atoms with Crippen molar-refractivity contribution in [3.8, 4) is 11.8 Å². The molecule has 0 radical (unpaired) electrons. The van der Waals surface area contributed by atoms with E-state index in [0.29, 0.717) is 6.07 Å². The lowest BCUT2D eigenvalue weighted by Crippen LogP contribution is -2.29. The highest BCUT2D eigenvalue weighted by Gasteiger charge is 2.07. The van der Waals surface area contributed by atoms with Crippen LogP contribution in [0.2, 0.25) is 0 Å². The summed E-state index contributed by atoms with van der Waals surface area (Å²) in [6.45, 7) is -0.168. The summed E-state index contributed by atoms with van der Waals surface area (Å²) in [4.78, 5) is 11.1. The highest BCUT2D eigenvalue weighted by molar-refractivity contribution is 5.77. The van der Waals surface area contributed by atoms with E-state index in [-0.39, 0.29) is 25.3 Å². The van der Waals surface area contributed by atoms with Gasteiger partial charge in [-0.05, 0) is 12.1 Å². The van der Waals surface area contributed by atoms with Crippen molar-refractivity contribution in [3.05, 3.63) is 29.8 Å². The molecule has 0 unspecified atom stereocenters. The van der Waals surface area contributed by atoms with E-state index in [0.717, 1.165) is 12.1 Å². The second-order valence-electron chi connectivity index (χ2n) is 3.12. The molecule has 17 heavy (non-hydrogen) atoms. The zero-order valence-corrected chi connectivity index (χ0v) is 8.87. The molecule has 0 aromatic heterocycles. The Bertz CT molecular complexity index is 444. The molecule has 0 fully saturated rings. The van der Waals surface area contributed by atoms with E-state index in [4.69, 9.17) is 10.00 Å². The molecule has 0 saturated carbocycles. The van der Waals surface area contributed by atoms with Crippen molar-refractivity contribution in [2.45, 2.75) is 6.42 Å². The second-order valence-corrected chi connectivity index (χ2v) is 3.12. The summed E-state index contributed by atoms with van der Waals surface area (Å²) in [7, 11) is 0. The van der Waals surface area contributed by atoms with Gasteiger partial charge in [-0.3, -0.25) is 4.79 Å². The zero-order valence-electron chi connectivity index (χ0n) is 8.87. The van der Waals surface area contributed by atoms with Crippen LogP contribution in [-0.2, 0) is 4.79 Å². The number of nitrogens with one attached hydrogen (secondary N) is 1. The van der Waals surface area contributed by atoms with Crippen LogP contribution in [0.1, 0.15) is 6.42 Å². The molecule has 0 bridgehead atoms. The summed E-state index contributed by atoms with van der Waals surface area (Å²) >= 11 is 0. The van der Waals surface area contributed by atoms with Crippen LogP contribution in [0.15, 0.2) is 18.2 Å². The molecule has 90 valence electrons. The molecule has 1 rings (SSSR count). The van der Waals surface area contributed by atoms with Crippen molar-refractivity contribution < 1.29 is 18.3 Å². The minimum Gasteiger partial charge on any atom is -0.481 e. The Hall–Kier alpha value is -2.16. The predicted octanol–water partition coefficient (Wildman–Crippen LogP) is 1.37. The fourth-order valence-electron chi connectivity index (χ4n) is 1.04. The number of carbonyl (C=O) groups is 1. The normalized spacial score (nSPS) is 9.47. The molecule has 1 N–H and O–H groups in total. The van der Waals surface area contributed by atoms with Gasteiger partial charge in [0.1, 0.15) is 5.82 Å². The molecule has 0 aliphatic carbocycles. The second kappa shape index (κ2) is 6.43. The van der Waals surface area contributed by atoms with E-state index in [9.17, 15) is 13.6 Å². The molecular weight excluding hydrogens is 230 g/mol. The van der Waals surface area contributed by atoms with Gasteiger partial charge in [0.2, 0.25) is 0 Å². The standard InChI is InChI=1S/C11H10F2N2O2/c12-8-2-3-10(9(13)6-8)17-7-11(16)15-5-1-4-14/h2-3,6H,1,5,7H2,(H,15,16). The van der Waals surface area contributed by atoms with Crippen LogP contribution in [0.4, 0.5) is 8.78 Å². The van der Waals surface area contributed by atoms with Gasteiger partial charge in [0.05, 0.1) is 12.5 Å². The lowest BCUT2D eigenvalue weighted by molar-refractivity contribution is -0.123. The Morgan fingerprint density at radius 3 is 2.88 bits per heavy atom. The van der Waals surface area contributed by atoms with Crippen LogP contribution in [0.5, 0.6) is 5.75 Å². The van der Waals surface area contributed by atoms with Gasteiger partial charge in [0, 0.05) is 12.6 Å². The lowest BCUT2D eigenvalue weighted by Gasteiger charge is -2.07. The van der Waals surface area contributed by atoms with Gasteiger partial charge in [-0.2, -0.15) is 5.26 Å². The molecule has 0 aliphatic rings. The fourth-order valence-corrected chi connectivity index (χ4v) is 1.04. The van der Waals surface area contributed by atoms with Gasteiger partial charge in [0.15, 0.2) is 18.2 Å². The Balaban J connectivity index is 2.40. The molecule has 0 atom stereocenters. The number of halogens is 2. The van der Waals surface area contributed by atoms with Crippen LogP contribution in [-0.4, -0.2) is 19.1 Å². The van der Waals surface area contributed by atoms with Crippen molar-refractivity contribution in [1.82, 2.24) is 5.32 Å². The van der Waals surface area contributed by atoms with Crippen molar-refractivity contribution in [1.29, 1.82) is 5.26 Å². The molecule has 1 aromatic rings. The van der Waals surface area contributed by atoms with Gasteiger partial charge in [-0.25, -0.2) is 8.78 Å². The third-order valence-electron chi connectivity index (χ3n) is 1.81. The minimum absolute atomic E-state index is 0.191. The Morgan fingerprint density at radius 2 is 2.24 bits per heavy atom. The maximum absolute atomic E-state index is 13.1. The van der Waals surface area contributed by atoms with E-state index in [1.54, 1.807) is 0 Å². The van der Waals surface area contributed by atoms with Crippen LogP contribution in [0.25, 0.3) is 0 Å². The Morgan fingerprint density at radius 1 is 1.47 bits per heavy atom. The first-order chi connectivity index (χ1) is 8.13. The first-order valence-corrected chi connectivity index (χ1v) is 4.85. The Labute approximate surface area is 96.8 Å². The third-order valence-corrected chi connectivity index (χ3v) is 1.81. The summed E-state index contributed by atoms with van der Waals surface area (Å²) in [6, 6.07) is 4.66. The topological polar surface area (TPSA) is 62.1 Å². The number of rotatable bonds is 5. The number of carbonyl (C=O) groups excluding carboxylic acids is 1. The number of nitriles is 1. The Kier molecular flexibility index (Phi) is 4.88. The quantitative estimate of drug-likeness (QED) is 0.791. The van der Waals surface area contributed by atoms with Gasteiger partial charge >= 0.3 is 0 Å². The van der Waals surface area contributed by atoms with Crippen molar-refractivity contribution >= 4 is 5.91 Å². The maximum Gasteiger partial charge on any atom is 0.257 e. The monoisotopic (exact) mass is 240 g/mol. The van der Waals surface area contributed by atoms with Gasteiger partial charge in [-0.15, -0.1) is 0 Å². The summed E-state index contributed by atoms with van der Waals surface area (Å²) in [5.41, 5.74) is 0. The summed E-state index contributed by atoms with van der Waals surface area (Å²) in [5, 5.41) is 10.6. The van der Waals surface area contributed by atoms with E-state index in [1.807, 2.05) is 6.07 Å². The molecule has 0 saturated heterocycles. The maximum atomic E-state index is 13.1. The zero-order chi connectivity index (χ0) is 12.7. The lowest BCUT2D eigenvalue weighted by atomic mass is 10.3. The third kappa shape index (κ3) is 4.47. The van der Waals surface area contributed by atoms with Crippen LogP contribution < -0.4 is 10.1 Å². The first-order valence-electron chi connectivity index (χ1n) is 4.85. The molecule has 0 aliphatic heterocycles. The van der Waals surface area contributed by atoms with Crippen LogP contribution >= 0.6 is 0 Å². The summed E-state index contributed by atoms with van der Waals surface area (Å²) in [5.74, 6) is -2.24.